The number of hydrogen-bond acceptors (Lipinski definition) is 6. The van der Waals surface area contributed by atoms with Crippen molar-refractivity contribution in [3.63, 3.8) is 0 Å². The summed E-state index contributed by atoms with van der Waals surface area (Å²) in [5, 5.41) is 3.47. The Kier molecular flexibility index (Phi) is 5.20. The topological polar surface area (TPSA) is 80.9 Å². The van der Waals surface area contributed by atoms with Crippen molar-refractivity contribution in [2.45, 2.75) is 41.5 Å². The van der Waals surface area contributed by atoms with E-state index in [1.54, 1.807) is 12.3 Å². The third kappa shape index (κ3) is 3.96. The van der Waals surface area contributed by atoms with E-state index in [1.807, 2.05) is 0 Å². The highest BCUT2D eigenvalue weighted by atomic mass is 35.5. The predicted octanol–water partition coefficient (Wildman–Crippen LogP) is 3.93. The average Bonchev–Trinajstić information content (AvgIpc) is 2.54. The zero-order valence-electron chi connectivity index (χ0n) is 12.8. The van der Waals surface area contributed by atoms with Crippen molar-refractivity contribution in [2.75, 3.05) is 11.1 Å². The number of aromatic nitrogens is 2. The Morgan fingerprint density at radius 2 is 2.17 bits per heavy atom. The van der Waals surface area contributed by atoms with Gasteiger partial charge in [0.05, 0.1) is 16.0 Å². The first-order valence-corrected chi connectivity index (χ1v) is 8.77. The molecule has 3 N–H and O–H groups in total. The maximum Gasteiger partial charge on any atom is 0.221 e. The van der Waals surface area contributed by atoms with E-state index in [2.05, 4.69) is 15.3 Å². The molecule has 1 aromatic heterocycles. The second-order valence-corrected chi connectivity index (χ2v) is 7.02. The molecule has 5 nitrogen and oxygen atoms in total. The molecule has 0 aliphatic heterocycles. The highest BCUT2D eigenvalue weighted by molar-refractivity contribution is 7.99. The molecule has 1 aliphatic carbocycles. The number of nitrogen functional groups attached to an aromatic ring is 1. The van der Waals surface area contributed by atoms with Crippen LogP contribution in [0.5, 0.6) is 0 Å². The van der Waals surface area contributed by atoms with Crippen LogP contribution in [0.4, 0.5) is 16.2 Å². The molecule has 1 fully saturated rings. The van der Waals surface area contributed by atoms with Gasteiger partial charge in [-0.2, -0.15) is 4.98 Å². The molecule has 1 aliphatic rings. The van der Waals surface area contributed by atoms with Gasteiger partial charge in [0.15, 0.2) is 5.78 Å². The van der Waals surface area contributed by atoms with Crippen molar-refractivity contribution in [1.82, 2.24) is 9.97 Å². The molecule has 3 rings (SSSR count). The summed E-state index contributed by atoms with van der Waals surface area (Å²) in [6, 6.07) is 3.91. The third-order valence-electron chi connectivity index (χ3n) is 3.75. The molecule has 1 atom stereocenters. The van der Waals surface area contributed by atoms with E-state index in [4.69, 9.17) is 17.3 Å². The largest absolute Gasteiger partial charge is 0.368 e. The number of hydrogen-bond donors (Lipinski definition) is 2. The molecule has 0 spiro atoms. The Hall–Kier alpha value is -1.86. The summed E-state index contributed by atoms with van der Waals surface area (Å²) in [4.78, 5) is 21.6. The molecule has 0 saturated heterocycles. The van der Waals surface area contributed by atoms with Crippen molar-refractivity contribution >= 4 is 40.9 Å². The number of nitrogens with zero attached hydrogens (tertiary/aromatic N) is 2. The summed E-state index contributed by atoms with van der Waals surface area (Å²) in [6.07, 6.45) is 4.84. The summed E-state index contributed by atoms with van der Waals surface area (Å²) in [6.45, 7) is 0. The van der Waals surface area contributed by atoms with Crippen LogP contribution in [0.25, 0.3) is 0 Å². The van der Waals surface area contributed by atoms with Gasteiger partial charge >= 0.3 is 0 Å². The molecular weight excluding hydrogens is 351 g/mol. The lowest BCUT2D eigenvalue weighted by Gasteiger charge is -2.23. The minimum absolute atomic E-state index is 0.121. The van der Waals surface area contributed by atoms with Crippen LogP contribution >= 0.6 is 23.4 Å². The number of anilines is 2. The quantitative estimate of drug-likeness (QED) is 0.853. The van der Waals surface area contributed by atoms with Gasteiger partial charge in [0.25, 0.3) is 0 Å². The van der Waals surface area contributed by atoms with Gasteiger partial charge in [-0.3, -0.25) is 4.79 Å². The van der Waals surface area contributed by atoms with Crippen molar-refractivity contribution < 1.29 is 9.18 Å². The number of nitrogens with two attached hydrogens (primary N) is 1. The van der Waals surface area contributed by atoms with Gasteiger partial charge in [-0.05, 0) is 31.0 Å². The number of Topliss-reactive ketones (excluding diaryl/α,β-unsaturated/α-hetero) is 1. The molecule has 2 aromatic rings. The van der Waals surface area contributed by atoms with Gasteiger partial charge < -0.3 is 11.1 Å². The Balaban J connectivity index is 1.86. The predicted molar refractivity (Wildman–Crippen MR) is 92.9 cm³/mol. The molecule has 0 bridgehead atoms. The SMILES string of the molecule is Nc1ncc(Sc2ccc(F)cc2Cl)c(NC2CCCCC2=O)n1. The number of carbonyl (C=O) groups excluding carboxylic acids is 1. The standard InChI is InChI=1S/C16H16ClFN4OS/c17-10-7-9(18)5-6-13(10)24-14-8-20-16(19)22-15(14)21-11-3-1-2-4-12(11)23/h5-8,11H,1-4H2,(H3,19,20,21,22). The summed E-state index contributed by atoms with van der Waals surface area (Å²) in [5.74, 6) is 0.390. The summed E-state index contributed by atoms with van der Waals surface area (Å²) >= 11 is 7.37. The van der Waals surface area contributed by atoms with E-state index in [0.717, 1.165) is 19.3 Å². The number of rotatable bonds is 4. The fourth-order valence-corrected chi connectivity index (χ4v) is 3.66. The lowest BCUT2D eigenvalue weighted by Crippen LogP contribution is -2.32. The molecule has 0 radical (unpaired) electrons. The fourth-order valence-electron chi connectivity index (χ4n) is 2.54. The van der Waals surface area contributed by atoms with Crippen LogP contribution in [0.15, 0.2) is 34.2 Å². The second-order valence-electron chi connectivity index (χ2n) is 5.53. The normalized spacial score (nSPS) is 17.8. The van der Waals surface area contributed by atoms with Crippen molar-refractivity contribution in [1.29, 1.82) is 0 Å². The molecule has 8 heteroatoms. The van der Waals surface area contributed by atoms with Crippen LogP contribution in [0.2, 0.25) is 5.02 Å². The van der Waals surface area contributed by atoms with Gasteiger partial charge in [0.2, 0.25) is 5.95 Å². The van der Waals surface area contributed by atoms with Gasteiger partial charge in [0.1, 0.15) is 11.6 Å². The van der Waals surface area contributed by atoms with E-state index in [1.165, 1.54) is 23.9 Å². The number of carbonyl (C=O) groups is 1. The minimum atomic E-state index is -0.399. The molecule has 1 aromatic carbocycles. The van der Waals surface area contributed by atoms with E-state index >= 15 is 0 Å². The third-order valence-corrected chi connectivity index (χ3v) is 5.27. The van der Waals surface area contributed by atoms with Crippen molar-refractivity contribution in [3.05, 3.63) is 35.2 Å². The highest BCUT2D eigenvalue weighted by Gasteiger charge is 2.23. The average molecular weight is 367 g/mol. The molecule has 0 amide bonds. The highest BCUT2D eigenvalue weighted by Crippen LogP contribution is 2.37. The molecule has 1 heterocycles. The number of ketones is 1. The van der Waals surface area contributed by atoms with Gasteiger partial charge in [0, 0.05) is 17.5 Å². The summed E-state index contributed by atoms with van der Waals surface area (Å²) < 4.78 is 13.2. The molecular formula is C16H16ClFN4OS. The number of benzene rings is 1. The molecule has 24 heavy (non-hydrogen) atoms. The second kappa shape index (κ2) is 7.36. The van der Waals surface area contributed by atoms with E-state index < -0.39 is 5.82 Å². The summed E-state index contributed by atoms with van der Waals surface area (Å²) in [7, 11) is 0. The van der Waals surface area contributed by atoms with Crippen LogP contribution in [-0.4, -0.2) is 21.8 Å². The van der Waals surface area contributed by atoms with Crippen LogP contribution in [0.1, 0.15) is 25.7 Å². The van der Waals surface area contributed by atoms with Crippen LogP contribution in [0, 0.1) is 5.82 Å². The maximum atomic E-state index is 13.2. The smallest absolute Gasteiger partial charge is 0.221 e. The Morgan fingerprint density at radius 1 is 1.33 bits per heavy atom. The Morgan fingerprint density at radius 3 is 2.92 bits per heavy atom. The fraction of sp³-hybridized carbons (Fsp3) is 0.312. The van der Waals surface area contributed by atoms with Crippen molar-refractivity contribution in [2.24, 2.45) is 0 Å². The maximum absolute atomic E-state index is 13.2. The Labute approximate surface area is 148 Å². The zero-order valence-corrected chi connectivity index (χ0v) is 14.3. The Bertz CT molecular complexity index is 774. The van der Waals surface area contributed by atoms with Gasteiger partial charge in [-0.25, -0.2) is 9.37 Å². The minimum Gasteiger partial charge on any atom is -0.368 e. The molecule has 126 valence electrons. The first-order valence-electron chi connectivity index (χ1n) is 7.57. The first-order chi connectivity index (χ1) is 11.5. The lowest BCUT2D eigenvalue weighted by atomic mass is 9.94. The number of halogens is 2. The lowest BCUT2D eigenvalue weighted by molar-refractivity contribution is -0.121. The van der Waals surface area contributed by atoms with E-state index in [-0.39, 0.29) is 17.8 Å². The van der Waals surface area contributed by atoms with Crippen molar-refractivity contribution in [3.8, 4) is 0 Å². The molecule has 1 saturated carbocycles. The number of nitrogens with one attached hydrogen (secondary N) is 1. The summed E-state index contributed by atoms with van der Waals surface area (Å²) in [5.41, 5.74) is 5.68. The van der Waals surface area contributed by atoms with Gasteiger partial charge in [-0.15, -0.1) is 0 Å². The van der Waals surface area contributed by atoms with Crippen LogP contribution in [0.3, 0.4) is 0 Å². The monoisotopic (exact) mass is 366 g/mol. The van der Waals surface area contributed by atoms with Crippen LogP contribution < -0.4 is 11.1 Å². The molecule has 1 unspecified atom stereocenters. The zero-order chi connectivity index (χ0) is 17.1. The van der Waals surface area contributed by atoms with E-state index in [0.29, 0.717) is 27.1 Å². The van der Waals surface area contributed by atoms with Crippen LogP contribution in [-0.2, 0) is 4.79 Å². The van der Waals surface area contributed by atoms with Gasteiger partial charge in [-0.1, -0.05) is 29.8 Å². The van der Waals surface area contributed by atoms with E-state index in [9.17, 15) is 9.18 Å². The first kappa shape index (κ1) is 17.0.